The number of amides is 2. The van der Waals surface area contributed by atoms with Crippen LogP contribution < -0.4 is 10.3 Å². The van der Waals surface area contributed by atoms with Gasteiger partial charge in [0.25, 0.3) is 0 Å². The van der Waals surface area contributed by atoms with Gasteiger partial charge in [-0.1, -0.05) is 57.9 Å². The first-order chi connectivity index (χ1) is 13.4. The second-order valence-corrected chi connectivity index (χ2v) is 7.69. The van der Waals surface area contributed by atoms with Crippen LogP contribution in [-0.2, 0) is 17.8 Å². The first-order valence-corrected chi connectivity index (χ1v) is 9.65. The van der Waals surface area contributed by atoms with Gasteiger partial charge in [-0.25, -0.2) is 14.5 Å². The number of aromatic nitrogens is 1. The summed E-state index contributed by atoms with van der Waals surface area (Å²) in [6.07, 6.45) is -0.198. The average Bonchev–Trinajstić information content (AvgIpc) is 2.89. The van der Waals surface area contributed by atoms with Gasteiger partial charge >= 0.3 is 12.0 Å². The number of carboxylic acid groups (broad SMARTS) is 1. The number of carbonyl (C=O) groups excluding carboxylic acids is 1. The van der Waals surface area contributed by atoms with Crippen molar-refractivity contribution in [1.82, 2.24) is 4.68 Å². The Hall–Kier alpha value is -2.77. The normalized spacial score (nSPS) is 12.8. The van der Waals surface area contributed by atoms with Crippen molar-refractivity contribution in [3.05, 3.63) is 75.4 Å². The zero-order valence-electron chi connectivity index (χ0n) is 14.5. The van der Waals surface area contributed by atoms with Gasteiger partial charge in [-0.15, -0.1) is 0 Å². The highest BCUT2D eigenvalue weighted by Gasteiger charge is 2.30. The minimum absolute atomic E-state index is 0.198. The van der Waals surface area contributed by atoms with Crippen molar-refractivity contribution in [3.63, 3.8) is 0 Å². The maximum absolute atomic E-state index is 13.0. The predicted octanol–water partition coefficient (Wildman–Crippen LogP) is 4.88. The highest BCUT2D eigenvalue weighted by atomic mass is 79.9. The number of nitrogens with one attached hydrogen (secondary N) is 1. The van der Waals surface area contributed by atoms with Gasteiger partial charge in [0.05, 0.1) is 24.3 Å². The van der Waals surface area contributed by atoms with Crippen LogP contribution in [0.1, 0.15) is 11.1 Å². The first kappa shape index (κ1) is 18.6. The molecule has 0 fully saturated rings. The second kappa shape index (κ2) is 7.33. The molecule has 0 bridgehead atoms. The number of rotatable bonds is 4. The summed E-state index contributed by atoms with van der Waals surface area (Å²) in [6, 6.07) is 16.1. The number of carbonyl (C=O) groups is 2. The van der Waals surface area contributed by atoms with E-state index in [4.69, 9.17) is 11.6 Å². The molecule has 142 valence electrons. The van der Waals surface area contributed by atoms with Gasteiger partial charge in [0.2, 0.25) is 0 Å². The van der Waals surface area contributed by atoms with Crippen molar-refractivity contribution in [2.45, 2.75) is 13.0 Å². The van der Waals surface area contributed by atoms with Gasteiger partial charge in [0.15, 0.2) is 0 Å². The topological polar surface area (TPSA) is 74.6 Å². The molecule has 0 unspecified atom stereocenters. The molecule has 8 heteroatoms. The first-order valence-electron chi connectivity index (χ1n) is 8.48. The second-order valence-electron chi connectivity index (χ2n) is 6.38. The molecule has 6 nitrogen and oxygen atoms in total. The van der Waals surface area contributed by atoms with Gasteiger partial charge in [0, 0.05) is 10.0 Å². The van der Waals surface area contributed by atoms with Crippen LogP contribution in [0.15, 0.2) is 59.1 Å². The molecule has 2 amide bonds. The lowest BCUT2D eigenvalue weighted by Gasteiger charge is -2.25. The highest BCUT2D eigenvalue weighted by molar-refractivity contribution is 9.10. The van der Waals surface area contributed by atoms with Crippen molar-refractivity contribution in [2.24, 2.45) is 0 Å². The lowest BCUT2D eigenvalue weighted by atomic mass is 10.0. The maximum Gasteiger partial charge on any atom is 0.341 e. The number of benzene rings is 2. The van der Waals surface area contributed by atoms with Crippen molar-refractivity contribution < 1.29 is 14.7 Å². The molecular weight excluding hydrogens is 446 g/mol. The summed E-state index contributed by atoms with van der Waals surface area (Å²) in [5, 5.41) is 14.0. The number of nitrogens with zero attached hydrogens (tertiary/aromatic N) is 2. The SMILES string of the molecule is O=C(O)Cc1cc(Cl)n2c1-c1ccccc1NC(=O)N2Cc1ccc(Br)cc1. The minimum Gasteiger partial charge on any atom is -0.481 e. The molecule has 0 spiro atoms. The van der Waals surface area contributed by atoms with E-state index in [1.165, 1.54) is 5.01 Å². The van der Waals surface area contributed by atoms with E-state index in [9.17, 15) is 14.7 Å². The number of para-hydroxylation sites is 1. The number of carboxylic acids is 1. The highest BCUT2D eigenvalue weighted by Crippen LogP contribution is 2.38. The molecule has 2 heterocycles. The van der Waals surface area contributed by atoms with Gasteiger partial charge in [-0.3, -0.25) is 4.79 Å². The van der Waals surface area contributed by atoms with Crippen molar-refractivity contribution in [1.29, 1.82) is 0 Å². The van der Waals surface area contributed by atoms with Crippen LogP contribution in [0.3, 0.4) is 0 Å². The molecule has 1 aromatic heterocycles. The van der Waals surface area contributed by atoms with E-state index in [0.29, 0.717) is 16.9 Å². The molecule has 2 aromatic carbocycles. The smallest absolute Gasteiger partial charge is 0.341 e. The van der Waals surface area contributed by atoms with E-state index in [0.717, 1.165) is 15.6 Å². The predicted molar refractivity (Wildman–Crippen MR) is 111 cm³/mol. The van der Waals surface area contributed by atoms with E-state index in [-0.39, 0.29) is 24.1 Å². The summed E-state index contributed by atoms with van der Waals surface area (Å²) in [5.74, 6) is -0.967. The number of aliphatic carboxylic acids is 1. The maximum atomic E-state index is 13.0. The number of halogens is 2. The summed E-state index contributed by atoms with van der Waals surface area (Å²) in [6.45, 7) is 0.265. The fraction of sp³-hybridized carbons (Fsp3) is 0.100. The zero-order valence-corrected chi connectivity index (χ0v) is 16.9. The standard InChI is InChI=1S/C20H15BrClN3O3/c21-14-7-5-12(6-8-14)11-24-20(28)23-16-4-2-1-3-15(16)19-13(10-18(26)27)9-17(22)25(19)24/h1-9H,10-11H2,(H,23,28)(H,26,27). The fourth-order valence-corrected chi connectivity index (χ4v) is 3.88. The molecule has 0 atom stereocenters. The van der Waals surface area contributed by atoms with Crippen LogP contribution >= 0.6 is 27.5 Å². The summed E-state index contributed by atoms with van der Waals surface area (Å²) in [7, 11) is 0. The Balaban J connectivity index is 1.89. The van der Waals surface area contributed by atoms with E-state index in [1.807, 2.05) is 42.5 Å². The van der Waals surface area contributed by atoms with Crippen molar-refractivity contribution in [3.8, 4) is 11.3 Å². The lowest BCUT2D eigenvalue weighted by Crippen LogP contribution is -2.42. The Morgan fingerprint density at radius 3 is 2.57 bits per heavy atom. The largest absolute Gasteiger partial charge is 0.481 e. The summed E-state index contributed by atoms with van der Waals surface area (Å²) in [4.78, 5) is 24.4. The minimum atomic E-state index is -0.967. The summed E-state index contributed by atoms with van der Waals surface area (Å²) < 4.78 is 2.52. The van der Waals surface area contributed by atoms with E-state index in [2.05, 4.69) is 21.2 Å². The van der Waals surface area contributed by atoms with Gasteiger partial charge in [0.1, 0.15) is 5.15 Å². The molecular formula is C20H15BrClN3O3. The Labute approximate surface area is 174 Å². The van der Waals surface area contributed by atoms with Gasteiger partial charge < -0.3 is 10.4 Å². The average molecular weight is 461 g/mol. The van der Waals surface area contributed by atoms with Crippen LogP contribution in [0.5, 0.6) is 0 Å². The molecule has 1 aliphatic rings. The molecule has 0 saturated heterocycles. The van der Waals surface area contributed by atoms with E-state index >= 15 is 0 Å². The molecule has 4 rings (SSSR count). The van der Waals surface area contributed by atoms with Crippen LogP contribution in [0.4, 0.5) is 10.5 Å². The third kappa shape index (κ3) is 3.39. The zero-order chi connectivity index (χ0) is 19.8. The van der Waals surface area contributed by atoms with E-state index < -0.39 is 5.97 Å². The Morgan fingerprint density at radius 2 is 1.86 bits per heavy atom. The summed E-state index contributed by atoms with van der Waals surface area (Å²) >= 11 is 9.88. The number of anilines is 1. The monoisotopic (exact) mass is 459 g/mol. The van der Waals surface area contributed by atoms with Crippen molar-refractivity contribution >= 4 is 45.2 Å². The molecule has 3 aromatic rings. The van der Waals surface area contributed by atoms with Gasteiger partial charge in [-0.2, -0.15) is 0 Å². The number of urea groups is 1. The molecule has 0 aliphatic carbocycles. The van der Waals surface area contributed by atoms with Gasteiger partial charge in [-0.05, 0) is 35.4 Å². The Morgan fingerprint density at radius 1 is 1.14 bits per heavy atom. The molecule has 0 saturated carbocycles. The van der Waals surface area contributed by atoms with Crippen LogP contribution in [0.2, 0.25) is 5.15 Å². The van der Waals surface area contributed by atoms with E-state index in [1.54, 1.807) is 16.8 Å². The third-order valence-corrected chi connectivity index (χ3v) is 5.30. The van der Waals surface area contributed by atoms with Crippen LogP contribution in [0.25, 0.3) is 11.3 Å². The third-order valence-electron chi connectivity index (χ3n) is 4.50. The Kier molecular flexibility index (Phi) is 4.87. The van der Waals surface area contributed by atoms with Crippen molar-refractivity contribution in [2.75, 3.05) is 10.3 Å². The molecule has 1 aliphatic heterocycles. The quantitative estimate of drug-likeness (QED) is 0.582. The molecule has 0 radical (unpaired) electrons. The number of fused-ring (bicyclic) bond motifs is 3. The lowest BCUT2D eigenvalue weighted by molar-refractivity contribution is -0.136. The van der Waals surface area contributed by atoms with Crippen LogP contribution in [0, 0.1) is 0 Å². The van der Waals surface area contributed by atoms with Crippen LogP contribution in [-0.4, -0.2) is 21.8 Å². The Bertz CT molecular complexity index is 1080. The number of hydrogen-bond donors (Lipinski definition) is 2. The molecule has 2 N–H and O–H groups in total. The fourth-order valence-electron chi connectivity index (χ4n) is 3.31. The number of hydrogen-bond acceptors (Lipinski definition) is 2. The summed E-state index contributed by atoms with van der Waals surface area (Å²) in [5.41, 5.74) is 3.37. The molecule has 28 heavy (non-hydrogen) atoms.